The third-order valence-corrected chi connectivity index (χ3v) is 2.29. The summed E-state index contributed by atoms with van der Waals surface area (Å²) in [5.74, 6) is -2.63. The molecule has 0 fully saturated rings. The molecule has 0 atom stereocenters. The Bertz CT molecular complexity index is 614. The monoisotopic (exact) mass is 298 g/mol. The summed E-state index contributed by atoms with van der Waals surface area (Å²) in [5, 5.41) is 13.2. The van der Waals surface area contributed by atoms with Gasteiger partial charge in [0.05, 0.1) is 31.3 Å². The van der Waals surface area contributed by atoms with Crippen molar-refractivity contribution in [3.05, 3.63) is 45.9 Å². The van der Waals surface area contributed by atoms with Gasteiger partial charge in [0.1, 0.15) is 17.2 Å². The van der Waals surface area contributed by atoms with Crippen molar-refractivity contribution in [2.45, 2.75) is 0 Å². The van der Waals surface area contributed by atoms with E-state index in [9.17, 15) is 24.1 Å². The van der Waals surface area contributed by atoms with Gasteiger partial charge < -0.3 is 14.8 Å². The van der Waals surface area contributed by atoms with Gasteiger partial charge >= 0.3 is 11.9 Å². The summed E-state index contributed by atoms with van der Waals surface area (Å²) >= 11 is 0. The third-order valence-electron chi connectivity index (χ3n) is 2.29. The second-order valence-electron chi connectivity index (χ2n) is 3.62. The highest BCUT2D eigenvalue weighted by molar-refractivity contribution is 5.99. The molecule has 0 saturated carbocycles. The smallest absolute Gasteiger partial charge is 0.354 e. The first-order valence-electron chi connectivity index (χ1n) is 5.48. The molecule has 0 aliphatic rings. The van der Waals surface area contributed by atoms with Crippen LogP contribution in [0.15, 0.2) is 30.0 Å². The number of nitro groups is 1. The molecule has 0 aromatic heterocycles. The van der Waals surface area contributed by atoms with Gasteiger partial charge in [-0.15, -0.1) is 0 Å². The minimum atomic E-state index is -0.945. The van der Waals surface area contributed by atoms with Crippen LogP contribution in [0.4, 0.5) is 15.8 Å². The molecule has 9 heteroatoms. The van der Waals surface area contributed by atoms with Gasteiger partial charge in [-0.2, -0.15) is 0 Å². The number of hydrogen-bond donors (Lipinski definition) is 1. The molecule has 21 heavy (non-hydrogen) atoms. The summed E-state index contributed by atoms with van der Waals surface area (Å²) in [4.78, 5) is 32.7. The lowest BCUT2D eigenvalue weighted by Crippen LogP contribution is -2.16. The van der Waals surface area contributed by atoms with Crippen molar-refractivity contribution in [3.8, 4) is 0 Å². The van der Waals surface area contributed by atoms with E-state index in [1.165, 1.54) is 0 Å². The molecule has 1 aromatic rings. The number of benzene rings is 1. The molecule has 0 aliphatic carbocycles. The number of nitrogens with one attached hydrogen (secondary N) is 1. The third kappa shape index (κ3) is 4.27. The fraction of sp³-hybridized carbons (Fsp3) is 0.167. The van der Waals surface area contributed by atoms with Gasteiger partial charge in [-0.25, -0.2) is 14.0 Å². The first-order chi connectivity index (χ1) is 9.88. The summed E-state index contributed by atoms with van der Waals surface area (Å²) in [6.45, 7) is 0. The van der Waals surface area contributed by atoms with Gasteiger partial charge in [-0.1, -0.05) is 0 Å². The predicted molar refractivity (Wildman–Crippen MR) is 68.8 cm³/mol. The average Bonchev–Trinajstić information content (AvgIpc) is 2.46. The predicted octanol–water partition coefficient (Wildman–Crippen LogP) is 1.38. The molecule has 112 valence electrons. The number of carbonyl (C=O) groups is 2. The molecule has 0 amide bonds. The Kier molecular flexibility index (Phi) is 5.35. The highest BCUT2D eigenvalue weighted by Gasteiger charge is 2.19. The molecule has 0 aliphatic heterocycles. The van der Waals surface area contributed by atoms with Crippen LogP contribution < -0.4 is 5.32 Å². The normalized spacial score (nSPS) is 10.7. The lowest BCUT2D eigenvalue weighted by molar-refractivity contribution is -0.384. The molecule has 0 saturated heterocycles. The molecule has 0 bridgehead atoms. The van der Waals surface area contributed by atoms with E-state index < -0.39 is 28.4 Å². The number of hydrogen-bond acceptors (Lipinski definition) is 7. The number of carbonyl (C=O) groups excluding carboxylic acids is 2. The highest BCUT2D eigenvalue weighted by Crippen LogP contribution is 2.26. The van der Waals surface area contributed by atoms with Gasteiger partial charge in [-0.05, 0) is 12.1 Å². The van der Waals surface area contributed by atoms with Crippen LogP contribution in [0.2, 0.25) is 0 Å². The maximum Gasteiger partial charge on any atom is 0.354 e. The van der Waals surface area contributed by atoms with E-state index in [4.69, 9.17) is 0 Å². The molecular weight excluding hydrogens is 287 g/mol. The number of rotatable bonds is 5. The number of methoxy groups -OCH3 is 2. The van der Waals surface area contributed by atoms with Crippen LogP contribution in [-0.4, -0.2) is 31.1 Å². The van der Waals surface area contributed by atoms with Crippen LogP contribution in [0.25, 0.3) is 0 Å². The Morgan fingerprint density at radius 1 is 1.33 bits per heavy atom. The highest BCUT2D eigenvalue weighted by atomic mass is 19.1. The fourth-order valence-corrected chi connectivity index (χ4v) is 1.34. The van der Waals surface area contributed by atoms with Gasteiger partial charge in [0.25, 0.3) is 5.69 Å². The molecule has 1 aromatic carbocycles. The maximum absolute atomic E-state index is 13.0. The Balaban J connectivity index is 3.21. The quantitative estimate of drug-likeness (QED) is 0.378. The second-order valence-corrected chi connectivity index (χ2v) is 3.62. The van der Waals surface area contributed by atoms with Crippen molar-refractivity contribution in [1.29, 1.82) is 0 Å². The van der Waals surface area contributed by atoms with Gasteiger partial charge in [-0.3, -0.25) is 10.1 Å². The van der Waals surface area contributed by atoms with Crippen molar-refractivity contribution < 1.29 is 28.4 Å². The molecule has 0 spiro atoms. The van der Waals surface area contributed by atoms with E-state index in [0.29, 0.717) is 6.07 Å². The van der Waals surface area contributed by atoms with Crippen LogP contribution >= 0.6 is 0 Å². The van der Waals surface area contributed by atoms with Gasteiger partial charge in [0.15, 0.2) is 0 Å². The number of nitrogens with zero attached hydrogens (tertiary/aromatic N) is 1. The summed E-state index contributed by atoms with van der Waals surface area (Å²) in [5.41, 5.74) is -1.17. The minimum absolute atomic E-state index is 0.179. The van der Waals surface area contributed by atoms with E-state index in [-0.39, 0.29) is 11.4 Å². The zero-order chi connectivity index (χ0) is 16.0. The summed E-state index contributed by atoms with van der Waals surface area (Å²) in [6, 6.07) is 2.69. The fourth-order valence-electron chi connectivity index (χ4n) is 1.34. The number of esters is 2. The lowest BCUT2D eigenvalue weighted by Gasteiger charge is -2.09. The largest absolute Gasteiger partial charge is 0.466 e. The maximum atomic E-state index is 13.0. The number of ether oxygens (including phenoxy) is 2. The summed E-state index contributed by atoms with van der Waals surface area (Å²) in [6.07, 6.45) is 0.763. The van der Waals surface area contributed by atoms with Crippen molar-refractivity contribution in [2.75, 3.05) is 19.5 Å². The van der Waals surface area contributed by atoms with E-state index in [0.717, 1.165) is 32.4 Å². The molecule has 0 unspecified atom stereocenters. The molecule has 0 radical (unpaired) electrons. The Morgan fingerprint density at radius 3 is 2.52 bits per heavy atom. The Hall–Kier alpha value is -2.97. The van der Waals surface area contributed by atoms with Crippen LogP contribution in [-0.2, 0) is 19.1 Å². The number of anilines is 1. The molecule has 8 nitrogen and oxygen atoms in total. The van der Waals surface area contributed by atoms with Crippen LogP contribution in [0.3, 0.4) is 0 Å². The van der Waals surface area contributed by atoms with E-state index in [1.807, 2.05) is 0 Å². The summed E-state index contributed by atoms with van der Waals surface area (Å²) in [7, 11) is 2.16. The van der Waals surface area contributed by atoms with E-state index in [1.54, 1.807) is 0 Å². The van der Waals surface area contributed by atoms with Gasteiger partial charge in [0.2, 0.25) is 0 Å². The van der Waals surface area contributed by atoms with Gasteiger partial charge in [0, 0.05) is 0 Å². The molecular formula is C12H11FN2O6. The number of nitro benzene ring substituents is 1. The van der Waals surface area contributed by atoms with E-state index >= 15 is 0 Å². The molecule has 1 N–H and O–H groups in total. The van der Waals surface area contributed by atoms with Crippen molar-refractivity contribution in [2.24, 2.45) is 0 Å². The Morgan fingerprint density at radius 2 is 2.00 bits per heavy atom. The van der Waals surface area contributed by atoms with Crippen LogP contribution in [0.1, 0.15) is 0 Å². The number of halogens is 1. The molecule has 0 heterocycles. The second kappa shape index (κ2) is 6.98. The zero-order valence-electron chi connectivity index (χ0n) is 11.1. The average molecular weight is 298 g/mol. The van der Waals surface area contributed by atoms with Crippen LogP contribution in [0, 0.1) is 15.9 Å². The van der Waals surface area contributed by atoms with Crippen molar-refractivity contribution in [1.82, 2.24) is 0 Å². The molecule has 1 rings (SSSR count). The minimum Gasteiger partial charge on any atom is -0.466 e. The lowest BCUT2D eigenvalue weighted by atomic mass is 10.2. The first kappa shape index (κ1) is 16.1. The van der Waals surface area contributed by atoms with Crippen molar-refractivity contribution >= 4 is 23.3 Å². The topological polar surface area (TPSA) is 108 Å². The zero-order valence-corrected chi connectivity index (χ0v) is 11.1. The van der Waals surface area contributed by atoms with E-state index in [2.05, 4.69) is 14.8 Å². The van der Waals surface area contributed by atoms with Crippen LogP contribution in [0.5, 0.6) is 0 Å². The SMILES string of the molecule is COC(=O)/C=C(/Nc1ccc(F)cc1[N+](=O)[O-])C(=O)OC. The summed E-state index contributed by atoms with van der Waals surface area (Å²) < 4.78 is 21.8. The van der Waals surface area contributed by atoms with Crippen molar-refractivity contribution in [3.63, 3.8) is 0 Å². The Labute approximate surface area is 118 Å². The first-order valence-corrected chi connectivity index (χ1v) is 5.48. The standard InChI is InChI=1S/C12H11FN2O6/c1-20-11(16)6-9(12(17)21-2)14-8-4-3-7(13)5-10(8)15(18)19/h3-6,14H,1-2H3/b9-6+.